The monoisotopic (exact) mass is 496 g/mol. The number of aromatic nitrogens is 1. The van der Waals surface area contributed by atoms with Crippen LogP contribution in [0.4, 0.5) is 0 Å². The number of amides is 3. The number of piperidine rings is 2. The zero-order chi connectivity index (χ0) is 25.4. The number of hydrogen-bond acceptors (Lipinski definition) is 6. The van der Waals surface area contributed by atoms with Crippen molar-refractivity contribution in [3.63, 3.8) is 0 Å². The normalized spacial score (nSPS) is 27.3. The SMILES string of the molecule is CC(=O)N1CCC(N(C)[C@H]2C[C@H]3C(=O)NC4(CCN(Cc5cnccc5C)CC4)CC(=O)N3C2)CC1. The summed E-state index contributed by atoms with van der Waals surface area (Å²) in [5.41, 5.74) is 2.05. The van der Waals surface area contributed by atoms with Crippen LogP contribution in [0.3, 0.4) is 0 Å². The van der Waals surface area contributed by atoms with Gasteiger partial charge in [0.15, 0.2) is 0 Å². The summed E-state index contributed by atoms with van der Waals surface area (Å²) in [7, 11) is 2.12. The minimum absolute atomic E-state index is 0.0136. The quantitative estimate of drug-likeness (QED) is 0.673. The number of aryl methyl sites for hydroxylation is 1. The van der Waals surface area contributed by atoms with Gasteiger partial charge in [-0.25, -0.2) is 0 Å². The first-order valence-electron chi connectivity index (χ1n) is 13.5. The van der Waals surface area contributed by atoms with Crippen LogP contribution in [0.1, 0.15) is 56.6 Å². The molecule has 9 nitrogen and oxygen atoms in total. The highest BCUT2D eigenvalue weighted by atomic mass is 16.2. The van der Waals surface area contributed by atoms with Crippen molar-refractivity contribution in [2.24, 2.45) is 0 Å². The molecule has 0 unspecified atom stereocenters. The number of hydrogen-bond donors (Lipinski definition) is 1. The van der Waals surface area contributed by atoms with E-state index in [9.17, 15) is 14.4 Å². The van der Waals surface area contributed by atoms with Gasteiger partial charge in [0, 0.05) is 70.7 Å². The zero-order valence-corrected chi connectivity index (χ0v) is 21.9. The Balaban J connectivity index is 1.18. The van der Waals surface area contributed by atoms with Gasteiger partial charge in [-0.2, -0.15) is 0 Å². The topological polar surface area (TPSA) is 89.1 Å². The van der Waals surface area contributed by atoms with E-state index >= 15 is 0 Å². The number of pyridine rings is 1. The second-order valence-corrected chi connectivity index (χ2v) is 11.4. The van der Waals surface area contributed by atoms with Gasteiger partial charge in [0.1, 0.15) is 6.04 Å². The Hall–Kier alpha value is -2.52. The van der Waals surface area contributed by atoms with Crippen molar-refractivity contribution in [3.8, 4) is 0 Å². The van der Waals surface area contributed by atoms with Gasteiger partial charge in [-0.3, -0.25) is 29.2 Å². The maximum atomic E-state index is 13.4. The Labute approximate surface area is 214 Å². The molecule has 1 aromatic rings. The van der Waals surface area contributed by atoms with Crippen molar-refractivity contribution in [1.29, 1.82) is 0 Å². The summed E-state index contributed by atoms with van der Waals surface area (Å²) in [4.78, 5) is 51.3. The minimum Gasteiger partial charge on any atom is -0.348 e. The van der Waals surface area contributed by atoms with Gasteiger partial charge >= 0.3 is 0 Å². The molecule has 4 aliphatic rings. The average Bonchev–Trinajstić information content (AvgIpc) is 3.29. The first kappa shape index (κ1) is 25.1. The highest BCUT2D eigenvalue weighted by Crippen LogP contribution is 2.34. The van der Waals surface area contributed by atoms with Crippen molar-refractivity contribution in [3.05, 3.63) is 29.6 Å². The number of nitrogens with one attached hydrogen (secondary N) is 1. The van der Waals surface area contributed by atoms with Crippen LogP contribution in [0, 0.1) is 6.92 Å². The highest BCUT2D eigenvalue weighted by Gasteiger charge is 2.50. The summed E-state index contributed by atoms with van der Waals surface area (Å²) >= 11 is 0. The van der Waals surface area contributed by atoms with E-state index in [2.05, 4.69) is 34.1 Å². The number of carbonyl (C=O) groups excluding carboxylic acids is 3. The fraction of sp³-hybridized carbons (Fsp3) is 0.704. The van der Waals surface area contributed by atoms with Crippen molar-refractivity contribution in [1.82, 2.24) is 29.9 Å². The summed E-state index contributed by atoms with van der Waals surface area (Å²) in [6, 6.07) is 2.22. The molecule has 36 heavy (non-hydrogen) atoms. The molecule has 0 aliphatic carbocycles. The second kappa shape index (κ2) is 10.1. The highest BCUT2D eigenvalue weighted by molar-refractivity contribution is 5.92. The van der Waals surface area contributed by atoms with Gasteiger partial charge in [-0.1, -0.05) is 0 Å². The van der Waals surface area contributed by atoms with Crippen molar-refractivity contribution < 1.29 is 14.4 Å². The molecule has 1 aromatic heterocycles. The first-order chi connectivity index (χ1) is 17.2. The van der Waals surface area contributed by atoms with Crippen LogP contribution in [0.5, 0.6) is 0 Å². The Kier molecular flexibility index (Phi) is 7.05. The Bertz CT molecular complexity index is 971. The molecular weight excluding hydrogens is 456 g/mol. The maximum absolute atomic E-state index is 13.4. The number of likely N-dealkylation sites (N-methyl/N-ethyl adjacent to an activating group) is 1. The van der Waals surface area contributed by atoms with E-state index in [0.717, 1.165) is 58.4 Å². The minimum atomic E-state index is -0.431. The van der Waals surface area contributed by atoms with Crippen molar-refractivity contribution in [2.45, 2.75) is 82.6 Å². The van der Waals surface area contributed by atoms with E-state index in [1.807, 2.05) is 28.3 Å². The fourth-order valence-electron chi connectivity index (χ4n) is 6.64. The Morgan fingerprint density at radius 2 is 1.89 bits per heavy atom. The summed E-state index contributed by atoms with van der Waals surface area (Å²) < 4.78 is 0. The van der Waals surface area contributed by atoms with Crippen molar-refractivity contribution >= 4 is 17.7 Å². The van der Waals surface area contributed by atoms with Gasteiger partial charge in [-0.05, 0) is 63.3 Å². The molecular formula is C27H40N6O3. The summed E-state index contributed by atoms with van der Waals surface area (Å²) in [5.74, 6) is 0.261. The molecule has 4 fully saturated rings. The van der Waals surface area contributed by atoms with Crippen LogP contribution in [0.15, 0.2) is 18.5 Å². The van der Waals surface area contributed by atoms with Crippen LogP contribution < -0.4 is 5.32 Å². The molecule has 1 N–H and O–H groups in total. The number of rotatable bonds is 4. The lowest BCUT2D eigenvalue weighted by Crippen LogP contribution is -2.56. The molecule has 5 heterocycles. The summed E-state index contributed by atoms with van der Waals surface area (Å²) in [6.45, 7) is 8.49. The van der Waals surface area contributed by atoms with E-state index < -0.39 is 5.54 Å². The summed E-state index contributed by atoms with van der Waals surface area (Å²) in [6.07, 6.45) is 8.30. The van der Waals surface area contributed by atoms with Crippen LogP contribution in [-0.2, 0) is 20.9 Å². The van der Waals surface area contributed by atoms with Crippen LogP contribution in [0.25, 0.3) is 0 Å². The van der Waals surface area contributed by atoms with E-state index in [1.165, 1.54) is 11.1 Å². The van der Waals surface area contributed by atoms with Gasteiger partial charge in [-0.15, -0.1) is 0 Å². The molecule has 1 spiro atoms. The molecule has 5 rings (SSSR count). The maximum Gasteiger partial charge on any atom is 0.243 e. The predicted octanol–water partition coefficient (Wildman–Crippen LogP) is 1.16. The molecule has 0 radical (unpaired) electrons. The lowest BCUT2D eigenvalue weighted by atomic mass is 9.83. The molecule has 3 amide bonds. The molecule has 4 aliphatic heterocycles. The van der Waals surface area contributed by atoms with E-state index in [-0.39, 0.29) is 29.8 Å². The average molecular weight is 497 g/mol. The first-order valence-corrected chi connectivity index (χ1v) is 13.5. The van der Waals surface area contributed by atoms with Gasteiger partial charge in [0.25, 0.3) is 0 Å². The lowest BCUT2D eigenvalue weighted by Gasteiger charge is -2.41. The third kappa shape index (κ3) is 5.00. The zero-order valence-electron chi connectivity index (χ0n) is 21.9. The molecule has 0 saturated carbocycles. The molecule has 2 atom stereocenters. The third-order valence-corrected chi connectivity index (χ3v) is 9.20. The number of carbonyl (C=O) groups is 3. The van der Waals surface area contributed by atoms with E-state index in [4.69, 9.17) is 0 Å². The van der Waals surface area contributed by atoms with Crippen LogP contribution in [-0.4, -0.2) is 106 Å². The van der Waals surface area contributed by atoms with E-state index in [0.29, 0.717) is 25.4 Å². The number of likely N-dealkylation sites (tertiary alicyclic amines) is 2. The van der Waals surface area contributed by atoms with Gasteiger partial charge in [0.05, 0.1) is 12.0 Å². The standard InChI is InChI=1S/C27H40N6O3/c1-19-4-9-28-16-21(19)17-31-12-7-27(8-13-31)15-25(35)33-18-23(14-24(33)26(36)29-27)30(3)22-5-10-32(11-6-22)20(2)34/h4,9,16,22-24H,5-8,10-15,17-18H2,1-3H3,(H,29,36)/t23-,24-/m0/s1. The largest absolute Gasteiger partial charge is 0.348 e. The molecule has 0 bridgehead atoms. The number of nitrogens with zero attached hydrogens (tertiary/aromatic N) is 5. The lowest BCUT2D eigenvalue weighted by molar-refractivity contribution is -0.136. The van der Waals surface area contributed by atoms with E-state index in [1.54, 1.807) is 6.92 Å². The molecule has 0 aromatic carbocycles. The summed E-state index contributed by atoms with van der Waals surface area (Å²) in [5, 5.41) is 3.35. The van der Waals surface area contributed by atoms with Gasteiger partial charge in [0.2, 0.25) is 17.7 Å². The Morgan fingerprint density at radius 1 is 1.17 bits per heavy atom. The smallest absolute Gasteiger partial charge is 0.243 e. The van der Waals surface area contributed by atoms with Crippen LogP contribution in [0.2, 0.25) is 0 Å². The predicted molar refractivity (Wildman–Crippen MR) is 136 cm³/mol. The third-order valence-electron chi connectivity index (χ3n) is 9.20. The fourth-order valence-corrected chi connectivity index (χ4v) is 6.64. The second-order valence-electron chi connectivity index (χ2n) is 11.4. The van der Waals surface area contributed by atoms with Crippen molar-refractivity contribution in [2.75, 3.05) is 39.8 Å². The Morgan fingerprint density at radius 3 is 2.56 bits per heavy atom. The molecule has 4 saturated heterocycles. The van der Waals surface area contributed by atoms with Crippen LogP contribution >= 0.6 is 0 Å². The number of fused-ring (bicyclic) bond motifs is 1. The molecule has 196 valence electrons. The molecule has 9 heteroatoms. The van der Waals surface area contributed by atoms with Gasteiger partial charge < -0.3 is 15.1 Å².